The molecule has 10 heteroatoms. The number of esters is 2. The second-order valence-corrected chi connectivity index (χ2v) is 17.4. The number of hydrogen-bond donors (Lipinski definition) is 2. The van der Waals surface area contributed by atoms with Crippen LogP contribution in [0.2, 0.25) is 0 Å². The summed E-state index contributed by atoms with van der Waals surface area (Å²) in [4.78, 5) is 34.9. The summed E-state index contributed by atoms with van der Waals surface area (Å²) in [7, 11) is -4.39. The summed E-state index contributed by atoms with van der Waals surface area (Å²) in [6.45, 7) is 3.60. The zero-order valence-electron chi connectivity index (χ0n) is 39.3. The highest BCUT2D eigenvalue weighted by molar-refractivity contribution is 7.47. The molecule has 2 atom stereocenters. The molecule has 9 nitrogen and oxygen atoms in total. The van der Waals surface area contributed by atoms with E-state index in [0.717, 1.165) is 89.9 Å². The van der Waals surface area contributed by atoms with E-state index in [1.165, 1.54) is 77.0 Å². The van der Waals surface area contributed by atoms with Gasteiger partial charge in [0.1, 0.15) is 6.61 Å². The van der Waals surface area contributed by atoms with Gasteiger partial charge in [0.05, 0.1) is 13.2 Å². The Bertz CT molecular complexity index is 1290. The van der Waals surface area contributed by atoms with Crippen LogP contribution in [0.3, 0.4) is 0 Å². The number of carbonyl (C=O) groups is 2. The molecule has 356 valence electrons. The molecule has 0 heterocycles. The minimum atomic E-state index is -4.39. The summed E-state index contributed by atoms with van der Waals surface area (Å²) in [5, 5.41) is 0. The lowest BCUT2D eigenvalue weighted by Crippen LogP contribution is -2.29. The van der Waals surface area contributed by atoms with Gasteiger partial charge < -0.3 is 20.1 Å². The molecule has 0 amide bonds. The lowest BCUT2D eigenvalue weighted by atomic mass is 10.0. The smallest absolute Gasteiger partial charge is 0.462 e. The molecule has 62 heavy (non-hydrogen) atoms. The fourth-order valence-corrected chi connectivity index (χ4v) is 7.20. The first-order valence-electron chi connectivity index (χ1n) is 24.6. The Balaban J connectivity index is 4.07. The number of phosphoric acid groups is 1. The quantitative estimate of drug-likeness (QED) is 0.0265. The zero-order valence-corrected chi connectivity index (χ0v) is 40.2. The molecule has 0 aliphatic carbocycles. The predicted molar refractivity (Wildman–Crippen MR) is 261 cm³/mol. The van der Waals surface area contributed by atoms with Crippen LogP contribution in [-0.4, -0.2) is 49.3 Å². The highest BCUT2D eigenvalue weighted by Gasteiger charge is 2.26. The van der Waals surface area contributed by atoms with Crippen molar-refractivity contribution in [2.45, 2.75) is 206 Å². The number of carbonyl (C=O) groups excluding carboxylic acids is 2. The normalized spacial score (nSPS) is 13.9. The van der Waals surface area contributed by atoms with Crippen LogP contribution in [0.5, 0.6) is 0 Å². The van der Waals surface area contributed by atoms with E-state index in [1.54, 1.807) is 0 Å². The molecule has 0 saturated carbocycles. The predicted octanol–water partition coefficient (Wildman–Crippen LogP) is 14.8. The second kappa shape index (κ2) is 47.7. The van der Waals surface area contributed by atoms with E-state index in [-0.39, 0.29) is 38.6 Å². The van der Waals surface area contributed by atoms with Crippen LogP contribution < -0.4 is 5.73 Å². The molecular formula is C52H90NO8P. The molecule has 0 fully saturated rings. The molecule has 3 N–H and O–H groups in total. The third-order valence-electron chi connectivity index (χ3n) is 10.0. The van der Waals surface area contributed by atoms with E-state index in [9.17, 15) is 19.0 Å². The third kappa shape index (κ3) is 46.7. The Morgan fingerprint density at radius 3 is 1.32 bits per heavy atom. The Hall–Kier alpha value is -2.81. The van der Waals surface area contributed by atoms with Gasteiger partial charge in [-0.3, -0.25) is 18.6 Å². The summed E-state index contributed by atoms with van der Waals surface area (Å²) in [5.74, 6) is -0.844. The Labute approximate surface area is 379 Å². The number of unbranched alkanes of at least 4 members (excludes halogenated alkanes) is 18. The molecule has 0 aromatic carbocycles. The molecular weight excluding hydrogens is 798 g/mol. The van der Waals surface area contributed by atoms with Crippen LogP contribution in [0.4, 0.5) is 0 Å². The average molecular weight is 888 g/mol. The molecule has 0 bridgehead atoms. The van der Waals surface area contributed by atoms with Gasteiger partial charge in [0.15, 0.2) is 6.10 Å². The van der Waals surface area contributed by atoms with Crippen molar-refractivity contribution in [2.75, 3.05) is 26.4 Å². The Kier molecular flexibility index (Phi) is 45.5. The van der Waals surface area contributed by atoms with Crippen LogP contribution >= 0.6 is 7.82 Å². The molecule has 0 radical (unpaired) electrons. The Morgan fingerprint density at radius 2 is 0.887 bits per heavy atom. The summed E-state index contributed by atoms with van der Waals surface area (Å²) in [5.41, 5.74) is 5.36. The van der Waals surface area contributed by atoms with E-state index in [1.807, 2.05) is 0 Å². The monoisotopic (exact) mass is 888 g/mol. The van der Waals surface area contributed by atoms with Gasteiger partial charge in [-0.05, 0) is 70.6 Å². The van der Waals surface area contributed by atoms with Crippen molar-refractivity contribution in [2.24, 2.45) is 5.73 Å². The number of rotatable bonds is 45. The zero-order chi connectivity index (χ0) is 45.3. The SMILES string of the molecule is CC/C=C\C/C=C\C/C=C\C/C=C\C/C=C\C/C=C\C/C=C\CCCCCCCCCC(=O)OC(COC(=O)CCCCCCCCCCCCCC)COP(=O)(O)OCCN. The van der Waals surface area contributed by atoms with E-state index in [0.29, 0.717) is 6.42 Å². The van der Waals surface area contributed by atoms with Crippen molar-refractivity contribution in [1.29, 1.82) is 0 Å². The van der Waals surface area contributed by atoms with Crippen molar-refractivity contribution in [3.63, 3.8) is 0 Å². The highest BCUT2D eigenvalue weighted by Crippen LogP contribution is 2.43. The molecule has 0 rings (SSSR count). The summed E-state index contributed by atoms with van der Waals surface area (Å²) in [6.07, 6.45) is 60.5. The van der Waals surface area contributed by atoms with E-state index in [2.05, 4.69) is 98.9 Å². The Morgan fingerprint density at radius 1 is 0.500 bits per heavy atom. The van der Waals surface area contributed by atoms with Gasteiger partial charge in [-0.15, -0.1) is 0 Å². The van der Waals surface area contributed by atoms with Crippen molar-refractivity contribution >= 4 is 19.8 Å². The second-order valence-electron chi connectivity index (χ2n) is 16.0. The van der Waals surface area contributed by atoms with E-state index in [4.69, 9.17) is 24.3 Å². The maximum absolute atomic E-state index is 12.6. The average Bonchev–Trinajstić information content (AvgIpc) is 3.26. The van der Waals surface area contributed by atoms with Crippen molar-refractivity contribution < 1.29 is 37.6 Å². The van der Waals surface area contributed by atoms with Crippen molar-refractivity contribution in [1.82, 2.24) is 0 Å². The van der Waals surface area contributed by atoms with Crippen molar-refractivity contribution in [3.05, 3.63) is 85.1 Å². The number of nitrogens with two attached hydrogens (primary N) is 1. The first-order valence-corrected chi connectivity index (χ1v) is 26.1. The van der Waals surface area contributed by atoms with Crippen LogP contribution in [-0.2, 0) is 32.7 Å². The minimum Gasteiger partial charge on any atom is -0.462 e. The van der Waals surface area contributed by atoms with Crippen LogP contribution in [0.15, 0.2) is 85.1 Å². The summed E-state index contributed by atoms with van der Waals surface area (Å²) >= 11 is 0. The van der Waals surface area contributed by atoms with Gasteiger partial charge in [-0.2, -0.15) is 0 Å². The molecule has 0 spiro atoms. The van der Waals surface area contributed by atoms with Gasteiger partial charge in [0.2, 0.25) is 0 Å². The lowest BCUT2D eigenvalue weighted by Gasteiger charge is -2.19. The van der Waals surface area contributed by atoms with E-state index >= 15 is 0 Å². The largest absolute Gasteiger partial charge is 0.472 e. The highest BCUT2D eigenvalue weighted by atomic mass is 31.2. The van der Waals surface area contributed by atoms with Gasteiger partial charge in [-0.1, -0.05) is 202 Å². The topological polar surface area (TPSA) is 134 Å². The van der Waals surface area contributed by atoms with Gasteiger partial charge in [0.25, 0.3) is 0 Å². The molecule has 0 aromatic rings. The van der Waals surface area contributed by atoms with Gasteiger partial charge in [-0.25, -0.2) is 4.57 Å². The minimum absolute atomic E-state index is 0.0483. The summed E-state index contributed by atoms with van der Waals surface area (Å²) < 4.78 is 32.8. The number of hydrogen-bond acceptors (Lipinski definition) is 8. The maximum atomic E-state index is 12.6. The third-order valence-corrected chi connectivity index (χ3v) is 11.0. The standard InChI is InChI=1S/C52H90NO8P/c1-3-5-7-9-11-13-15-17-18-19-20-21-22-23-24-25-26-27-28-29-30-31-32-33-35-37-39-41-43-45-52(55)61-50(49-60-62(56,57)59-47-46-53)48-58-51(54)44-42-40-38-36-34-16-14-12-10-8-6-4-2/h5,7,11,13,17-18,20-21,23-24,26-27,29-30,50H,3-4,6,8-10,12,14-16,19,22,25,28,31-49,53H2,1-2H3,(H,56,57)/b7-5-,13-11-,18-17-,21-20-,24-23-,27-26-,30-29-. The van der Waals surface area contributed by atoms with E-state index < -0.39 is 26.5 Å². The fraction of sp³-hybridized carbons (Fsp3) is 0.692. The molecule has 0 saturated heterocycles. The lowest BCUT2D eigenvalue weighted by molar-refractivity contribution is -0.161. The fourth-order valence-electron chi connectivity index (χ4n) is 6.44. The van der Waals surface area contributed by atoms with Crippen LogP contribution in [0.25, 0.3) is 0 Å². The number of ether oxygens (including phenoxy) is 2. The molecule has 0 aromatic heterocycles. The number of phosphoric ester groups is 1. The molecule has 0 aliphatic rings. The summed E-state index contributed by atoms with van der Waals surface area (Å²) in [6, 6.07) is 0. The number of allylic oxidation sites excluding steroid dienone is 14. The van der Waals surface area contributed by atoms with Crippen LogP contribution in [0.1, 0.15) is 200 Å². The molecule has 2 unspecified atom stereocenters. The van der Waals surface area contributed by atoms with Gasteiger partial charge >= 0.3 is 19.8 Å². The maximum Gasteiger partial charge on any atom is 0.472 e. The van der Waals surface area contributed by atoms with Gasteiger partial charge in [0, 0.05) is 19.4 Å². The van der Waals surface area contributed by atoms with Crippen LogP contribution in [0, 0.1) is 0 Å². The van der Waals surface area contributed by atoms with Crippen molar-refractivity contribution in [3.8, 4) is 0 Å². The first-order chi connectivity index (χ1) is 30.3. The molecule has 0 aliphatic heterocycles. The first kappa shape index (κ1) is 59.2.